The van der Waals surface area contributed by atoms with E-state index >= 15 is 0 Å². The van der Waals surface area contributed by atoms with E-state index in [1.165, 1.54) is 6.92 Å². The molecule has 1 heterocycles. The van der Waals surface area contributed by atoms with Crippen molar-refractivity contribution >= 4 is 0 Å². The molecular weight excluding hydrogens is 170 g/mol. The Balaban J connectivity index is 3.21. The van der Waals surface area contributed by atoms with Gasteiger partial charge in [0.05, 0.1) is 12.1 Å². The Labute approximate surface area is 73.5 Å². The lowest BCUT2D eigenvalue weighted by Gasteiger charge is -1.97. The SMILES string of the molecule is Cc1nnc(C(C#N)C#N)[nH]c1=O. The second kappa shape index (κ2) is 3.46. The highest BCUT2D eigenvalue weighted by Gasteiger charge is 2.12. The fourth-order valence-corrected chi connectivity index (χ4v) is 0.687. The highest BCUT2D eigenvalue weighted by Crippen LogP contribution is 2.04. The Morgan fingerprint density at radius 1 is 1.38 bits per heavy atom. The lowest BCUT2D eigenvalue weighted by Crippen LogP contribution is -2.17. The van der Waals surface area contributed by atoms with Gasteiger partial charge in [-0.3, -0.25) is 4.79 Å². The van der Waals surface area contributed by atoms with Gasteiger partial charge in [0.25, 0.3) is 5.56 Å². The quantitative estimate of drug-likeness (QED) is 0.625. The van der Waals surface area contributed by atoms with E-state index in [-0.39, 0.29) is 11.5 Å². The molecule has 0 atom stereocenters. The number of nitrogens with zero attached hydrogens (tertiary/aromatic N) is 4. The molecule has 0 aromatic carbocycles. The number of aryl methyl sites for hydroxylation is 1. The van der Waals surface area contributed by atoms with Gasteiger partial charge in [0.15, 0.2) is 11.7 Å². The highest BCUT2D eigenvalue weighted by molar-refractivity contribution is 5.18. The fourth-order valence-electron chi connectivity index (χ4n) is 0.687. The Bertz CT molecular complexity index is 435. The lowest BCUT2D eigenvalue weighted by molar-refractivity contribution is 0.799. The van der Waals surface area contributed by atoms with Crippen LogP contribution in [0.3, 0.4) is 0 Å². The van der Waals surface area contributed by atoms with Crippen LogP contribution in [0, 0.1) is 29.6 Å². The summed E-state index contributed by atoms with van der Waals surface area (Å²) in [6, 6.07) is 3.36. The summed E-state index contributed by atoms with van der Waals surface area (Å²) < 4.78 is 0. The van der Waals surface area contributed by atoms with Gasteiger partial charge >= 0.3 is 0 Å². The first-order valence-electron chi connectivity index (χ1n) is 3.41. The molecular formula is C7H5N5O. The first kappa shape index (κ1) is 8.88. The summed E-state index contributed by atoms with van der Waals surface area (Å²) in [6.45, 7) is 1.49. The highest BCUT2D eigenvalue weighted by atomic mass is 16.1. The number of hydrogen-bond donors (Lipinski definition) is 1. The molecule has 0 unspecified atom stereocenters. The summed E-state index contributed by atoms with van der Waals surface area (Å²) in [6.07, 6.45) is 0. The maximum absolute atomic E-state index is 11.0. The van der Waals surface area contributed by atoms with Crippen molar-refractivity contribution in [1.82, 2.24) is 15.2 Å². The Morgan fingerprint density at radius 2 is 2.00 bits per heavy atom. The van der Waals surface area contributed by atoms with Crippen molar-refractivity contribution in [1.29, 1.82) is 10.5 Å². The van der Waals surface area contributed by atoms with Gasteiger partial charge in [-0.15, -0.1) is 10.2 Å². The maximum Gasteiger partial charge on any atom is 0.272 e. The summed E-state index contributed by atoms with van der Waals surface area (Å²) in [5.74, 6) is -1.08. The van der Waals surface area contributed by atoms with Crippen molar-refractivity contribution in [2.75, 3.05) is 0 Å². The van der Waals surface area contributed by atoms with Crippen LogP contribution >= 0.6 is 0 Å². The summed E-state index contributed by atoms with van der Waals surface area (Å²) in [5.41, 5.74) is -0.223. The number of aromatic amines is 1. The average molecular weight is 175 g/mol. The molecule has 0 amide bonds. The zero-order chi connectivity index (χ0) is 9.84. The molecule has 64 valence electrons. The summed E-state index contributed by atoms with van der Waals surface area (Å²) >= 11 is 0. The molecule has 0 saturated heterocycles. The largest absolute Gasteiger partial charge is 0.305 e. The predicted molar refractivity (Wildman–Crippen MR) is 41.4 cm³/mol. The molecule has 0 radical (unpaired) electrons. The number of nitriles is 2. The normalized spacial score (nSPS) is 9.23. The average Bonchev–Trinajstić information content (AvgIpc) is 2.13. The van der Waals surface area contributed by atoms with E-state index in [4.69, 9.17) is 10.5 Å². The molecule has 0 fully saturated rings. The van der Waals surface area contributed by atoms with Crippen molar-refractivity contribution in [2.45, 2.75) is 12.8 Å². The summed E-state index contributed by atoms with van der Waals surface area (Å²) in [7, 11) is 0. The second-order valence-electron chi connectivity index (χ2n) is 2.32. The van der Waals surface area contributed by atoms with Crippen LogP contribution in [0.15, 0.2) is 4.79 Å². The van der Waals surface area contributed by atoms with Crippen LogP contribution in [0.4, 0.5) is 0 Å². The Kier molecular flexibility index (Phi) is 2.36. The third kappa shape index (κ3) is 1.68. The van der Waals surface area contributed by atoms with E-state index in [9.17, 15) is 4.79 Å². The standard InChI is InChI=1S/C7H5N5O/c1-4-7(13)10-6(12-11-4)5(2-8)3-9/h5H,1H3,(H,10,12,13). The number of hydrogen-bond acceptors (Lipinski definition) is 5. The van der Waals surface area contributed by atoms with E-state index in [0.717, 1.165) is 0 Å². The smallest absolute Gasteiger partial charge is 0.272 e. The number of rotatable bonds is 1. The number of H-pyrrole nitrogens is 1. The molecule has 1 aromatic rings. The zero-order valence-corrected chi connectivity index (χ0v) is 6.77. The second-order valence-corrected chi connectivity index (χ2v) is 2.32. The minimum Gasteiger partial charge on any atom is -0.305 e. The monoisotopic (exact) mass is 175 g/mol. The Hall–Kier alpha value is -2.21. The maximum atomic E-state index is 11.0. The van der Waals surface area contributed by atoms with Crippen molar-refractivity contribution in [3.8, 4) is 12.1 Å². The summed E-state index contributed by atoms with van der Waals surface area (Å²) in [5, 5.41) is 24.0. The molecule has 0 saturated carbocycles. The number of aromatic nitrogens is 3. The van der Waals surface area contributed by atoms with Crippen LogP contribution in [-0.4, -0.2) is 15.2 Å². The minimum absolute atomic E-state index is 0.0133. The lowest BCUT2D eigenvalue weighted by atomic mass is 10.2. The molecule has 0 aliphatic rings. The molecule has 0 aliphatic heterocycles. The van der Waals surface area contributed by atoms with E-state index in [1.807, 2.05) is 0 Å². The third-order valence-corrected chi connectivity index (χ3v) is 1.41. The van der Waals surface area contributed by atoms with Crippen LogP contribution in [0.25, 0.3) is 0 Å². The van der Waals surface area contributed by atoms with E-state index in [2.05, 4.69) is 15.2 Å². The van der Waals surface area contributed by atoms with Gasteiger partial charge in [0.1, 0.15) is 5.69 Å². The first-order valence-corrected chi connectivity index (χ1v) is 3.41. The molecule has 1 rings (SSSR count). The molecule has 6 nitrogen and oxygen atoms in total. The first-order chi connectivity index (χ1) is 6.19. The Morgan fingerprint density at radius 3 is 2.46 bits per heavy atom. The van der Waals surface area contributed by atoms with E-state index in [0.29, 0.717) is 0 Å². The number of nitrogens with one attached hydrogen (secondary N) is 1. The van der Waals surface area contributed by atoms with Crippen molar-refractivity contribution < 1.29 is 0 Å². The van der Waals surface area contributed by atoms with Gasteiger partial charge < -0.3 is 4.98 Å². The molecule has 0 spiro atoms. The molecule has 13 heavy (non-hydrogen) atoms. The van der Waals surface area contributed by atoms with Crippen LogP contribution in [0.5, 0.6) is 0 Å². The minimum atomic E-state index is -1.07. The summed E-state index contributed by atoms with van der Waals surface area (Å²) in [4.78, 5) is 13.3. The molecule has 6 heteroatoms. The van der Waals surface area contributed by atoms with Gasteiger partial charge in [-0.05, 0) is 6.92 Å². The van der Waals surface area contributed by atoms with Crippen molar-refractivity contribution in [2.24, 2.45) is 0 Å². The predicted octanol–water partition coefficient (Wildman–Crippen LogP) is -0.396. The van der Waals surface area contributed by atoms with E-state index < -0.39 is 11.5 Å². The van der Waals surface area contributed by atoms with Gasteiger partial charge in [-0.25, -0.2) is 0 Å². The van der Waals surface area contributed by atoms with E-state index in [1.54, 1.807) is 12.1 Å². The zero-order valence-electron chi connectivity index (χ0n) is 6.77. The van der Waals surface area contributed by atoms with Gasteiger partial charge in [0, 0.05) is 0 Å². The topological polar surface area (TPSA) is 106 Å². The van der Waals surface area contributed by atoms with Crippen LogP contribution < -0.4 is 5.56 Å². The fraction of sp³-hybridized carbons (Fsp3) is 0.286. The van der Waals surface area contributed by atoms with Gasteiger partial charge in [-0.2, -0.15) is 10.5 Å². The molecule has 1 N–H and O–H groups in total. The third-order valence-electron chi connectivity index (χ3n) is 1.41. The van der Waals surface area contributed by atoms with Gasteiger partial charge in [0.2, 0.25) is 0 Å². The van der Waals surface area contributed by atoms with Crippen LogP contribution in [-0.2, 0) is 0 Å². The van der Waals surface area contributed by atoms with Crippen LogP contribution in [0.2, 0.25) is 0 Å². The van der Waals surface area contributed by atoms with Gasteiger partial charge in [-0.1, -0.05) is 0 Å². The van der Waals surface area contributed by atoms with Crippen molar-refractivity contribution in [3.63, 3.8) is 0 Å². The molecule has 1 aromatic heterocycles. The molecule has 0 bridgehead atoms. The van der Waals surface area contributed by atoms with Crippen LogP contribution in [0.1, 0.15) is 17.4 Å². The van der Waals surface area contributed by atoms with Crippen molar-refractivity contribution in [3.05, 3.63) is 21.9 Å². The molecule has 0 aliphatic carbocycles.